The SMILES string of the molecule is CC[NH+](C)CCN(C)C.[Br-]. The molecule has 0 saturated heterocycles. The standard InChI is InChI=1S/C7H18N2.BrH/c1-5-9(4)7-6-8(2)3;/h5-7H2,1-4H3;1H. The van der Waals surface area contributed by atoms with Crippen molar-refractivity contribution in [2.45, 2.75) is 6.92 Å². The van der Waals surface area contributed by atoms with E-state index in [1.807, 2.05) is 0 Å². The Bertz CT molecular complexity index is 66.6. The molecule has 1 N–H and O–H groups in total. The minimum Gasteiger partial charge on any atom is -1.00 e. The lowest BCUT2D eigenvalue weighted by Gasteiger charge is -2.14. The molecule has 0 radical (unpaired) electrons. The maximum absolute atomic E-state index is 2.23. The fourth-order valence-corrected chi connectivity index (χ4v) is 0.591. The van der Waals surface area contributed by atoms with E-state index in [0.717, 1.165) is 0 Å². The number of nitrogens with zero attached hydrogens (tertiary/aromatic N) is 1. The maximum atomic E-state index is 2.23. The van der Waals surface area contributed by atoms with Gasteiger partial charge in [0.2, 0.25) is 0 Å². The Morgan fingerprint density at radius 2 is 1.80 bits per heavy atom. The Hall–Kier alpha value is 0.400. The van der Waals surface area contributed by atoms with Gasteiger partial charge in [0.05, 0.1) is 20.1 Å². The lowest BCUT2D eigenvalue weighted by Crippen LogP contribution is -3.09. The van der Waals surface area contributed by atoms with Crippen LogP contribution in [0.2, 0.25) is 0 Å². The molecule has 0 spiro atoms. The zero-order valence-corrected chi connectivity index (χ0v) is 9.03. The molecular formula is C7H19BrN2. The molecule has 3 heteroatoms. The zero-order chi connectivity index (χ0) is 7.28. The molecule has 0 bridgehead atoms. The predicted molar refractivity (Wildman–Crippen MR) is 40.8 cm³/mol. The van der Waals surface area contributed by atoms with E-state index < -0.39 is 0 Å². The van der Waals surface area contributed by atoms with Crippen LogP contribution in [0.1, 0.15) is 6.92 Å². The molecule has 1 unspecified atom stereocenters. The summed E-state index contributed by atoms with van der Waals surface area (Å²) in [5, 5.41) is 0. The number of hydrogen-bond acceptors (Lipinski definition) is 1. The van der Waals surface area contributed by atoms with E-state index in [4.69, 9.17) is 0 Å². The average Bonchev–Trinajstić information content (AvgIpc) is 1.83. The van der Waals surface area contributed by atoms with Gasteiger partial charge in [0, 0.05) is 6.54 Å². The van der Waals surface area contributed by atoms with Crippen LogP contribution in [0.15, 0.2) is 0 Å². The smallest absolute Gasteiger partial charge is 0.0897 e. The molecule has 1 atom stereocenters. The maximum Gasteiger partial charge on any atom is 0.0897 e. The largest absolute Gasteiger partial charge is 1.00 e. The van der Waals surface area contributed by atoms with Crippen molar-refractivity contribution in [1.29, 1.82) is 0 Å². The highest BCUT2D eigenvalue weighted by Crippen LogP contribution is 1.65. The number of likely N-dealkylation sites (N-methyl/N-ethyl adjacent to an activating group) is 2. The van der Waals surface area contributed by atoms with Gasteiger partial charge in [-0.25, -0.2) is 0 Å². The predicted octanol–water partition coefficient (Wildman–Crippen LogP) is -3.91. The number of rotatable bonds is 4. The highest BCUT2D eigenvalue weighted by atomic mass is 79.9. The second-order valence-electron chi connectivity index (χ2n) is 2.86. The molecule has 0 aromatic heterocycles. The normalized spacial score (nSPS) is 12.9. The molecule has 0 saturated carbocycles. The van der Waals surface area contributed by atoms with Crippen molar-refractivity contribution < 1.29 is 21.9 Å². The van der Waals surface area contributed by atoms with E-state index in [0.29, 0.717) is 0 Å². The first-order chi connectivity index (χ1) is 4.16. The summed E-state index contributed by atoms with van der Waals surface area (Å²) in [4.78, 5) is 3.82. The first-order valence-electron chi connectivity index (χ1n) is 3.62. The molecule has 0 aliphatic heterocycles. The van der Waals surface area contributed by atoms with Crippen molar-refractivity contribution in [1.82, 2.24) is 4.90 Å². The van der Waals surface area contributed by atoms with E-state index in [-0.39, 0.29) is 17.0 Å². The van der Waals surface area contributed by atoms with Gasteiger partial charge in [-0.15, -0.1) is 0 Å². The first kappa shape index (κ1) is 13.0. The third kappa shape index (κ3) is 8.40. The molecule has 0 amide bonds. The first-order valence-corrected chi connectivity index (χ1v) is 3.62. The van der Waals surface area contributed by atoms with Gasteiger partial charge >= 0.3 is 0 Å². The molecular weight excluding hydrogens is 192 g/mol. The molecule has 0 rings (SSSR count). The zero-order valence-electron chi connectivity index (χ0n) is 7.45. The van der Waals surface area contributed by atoms with Crippen molar-refractivity contribution >= 4 is 0 Å². The molecule has 0 aliphatic rings. The summed E-state index contributed by atoms with van der Waals surface area (Å²) in [6.45, 7) is 5.89. The highest BCUT2D eigenvalue weighted by molar-refractivity contribution is 4.36. The van der Waals surface area contributed by atoms with Gasteiger partial charge in [-0.1, -0.05) is 0 Å². The van der Waals surface area contributed by atoms with Crippen LogP contribution in [0.5, 0.6) is 0 Å². The summed E-state index contributed by atoms with van der Waals surface area (Å²) in [5.41, 5.74) is 0. The van der Waals surface area contributed by atoms with Gasteiger partial charge in [0.15, 0.2) is 0 Å². The fraction of sp³-hybridized carbons (Fsp3) is 1.00. The number of halogens is 1. The van der Waals surface area contributed by atoms with E-state index in [2.05, 4.69) is 33.0 Å². The summed E-state index contributed by atoms with van der Waals surface area (Å²) in [6.07, 6.45) is 0. The number of hydrogen-bond donors (Lipinski definition) is 1. The van der Waals surface area contributed by atoms with Gasteiger partial charge in [0.25, 0.3) is 0 Å². The third-order valence-electron chi connectivity index (χ3n) is 1.59. The Labute approximate surface area is 75.0 Å². The molecule has 10 heavy (non-hydrogen) atoms. The topological polar surface area (TPSA) is 7.68 Å². The summed E-state index contributed by atoms with van der Waals surface area (Å²) >= 11 is 0. The highest BCUT2D eigenvalue weighted by Gasteiger charge is 1.96. The van der Waals surface area contributed by atoms with E-state index in [9.17, 15) is 0 Å². The molecule has 0 aliphatic carbocycles. The summed E-state index contributed by atoms with van der Waals surface area (Å²) in [5.74, 6) is 0. The monoisotopic (exact) mass is 210 g/mol. The van der Waals surface area contributed by atoms with Gasteiger partial charge < -0.3 is 26.8 Å². The molecule has 64 valence electrons. The van der Waals surface area contributed by atoms with Gasteiger partial charge in [-0.3, -0.25) is 0 Å². The van der Waals surface area contributed by atoms with Gasteiger partial charge in [-0.05, 0) is 21.0 Å². The van der Waals surface area contributed by atoms with Crippen LogP contribution >= 0.6 is 0 Å². The van der Waals surface area contributed by atoms with Crippen LogP contribution in [0.4, 0.5) is 0 Å². The van der Waals surface area contributed by atoms with Crippen molar-refractivity contribution in [2.75, 3.05) is 40.8 Å². The lowest BCUT2D eigenvalue weighted by molar-refractivity contribution is -0.877. The van der Waals surface area contributed by atoms with Crippen molar-refractivity contribution in [3.8, 4) is 0 Å². The van der Waals surface area contributed by atoms with Crippen molar-refractivity contribution in [2.24, 2.45) is 0 Å². The van der Waals surface area contributed by atoms with E-state index in [1.54, 1.807) is 4.90 Å². The van der Waals surface area contributed by atoms with E-state index >= 15 is 0 Å². The lowest BCUT2D eigenvalue weighted by atomic mass is 10.5. The van der Waals surface area contributed by atoms with Gasteiger partial charge in [-0.2, -0.15) is 0 Å². The van der Waals surface area contributed by atoms with Crippen LogP contribution in [-0.2, 0) is 0 Å². The van der Waals surface area contributed by atoms with Crippen LogP contribution in [0, 0.1) is 0 Å². The minimum atomic E-state index is 0. The van der Waals surface area contributed by atoms with Crippen LogP contribution < -0.4 is 21.9 Å². The third-order valence-corrected chi connectivity index (χ3v) is 1.59. The Balaban J connectivity index is 0. The number of nitrogens with one attached hydrogen (secondary N) is 1. The van der Waals surface area contributed by atoms with Crippen molar-refractivity contribution in [3.63, 3.8) is 0 Å². The summed E-state index contributed by atoms with van der Waals surface area (Å²) in [6, 6.07) is 0. The molecule has 0 aromatic carbocycles. The Morgan fingerprint density at radius 1 is 1.30 bits per heavy atom. The second-order valence-corrected chi connectivity index (χ2v) is 2.86. The fourth-order valence-electron chi connectivity index (χ4n) is 0.591. The Morgan fingerprint density at radius 3 is 2.10 bits per heavy atom. The van der Waals surface area contributed by atoms with Crippen LogP contribution in [0.25, 0.3) is 0 Å². The Kier molecular flexibility index (Phi) is 9.78. The van der Waals surface area contributed by atoms with Crippen molar-refractivity contribution in [3.05, 3.63) is 0 Å². The van der Waals surface area contributed by atoms with Crippen LogP contribution in [-0.4, -0.2) is 45.7 Å². The summed E-state index contributed by atoms with van der Waals surface area (Å²) in [7, 11) is 6.45. The summed E-state index contributed by atoms with van der Waals surface area (Å²) < 4.78 is 0. The molecule has 0 heterocycles. The van der Waals surface area contributed by atoms with E-state index in [1.165, 1.54) is 19.6 Å². The molecule has 2 nitrogen and oxygen atoms in total. The molecule has 0 aromatic rings. The van der Waals surface area contributed by atoms with Crippen LogP contribution in [0.3, 0.4) is 0 Å². The molecule has 0 fully saturated rings. The number of quaternary nitrogens is 1. The minimum absolute atomic E-state index is 0. The average molecular weight is 211 g/mol. The van der Waals surface area contributed by atoms with Gasteiger partial charge in [0.1, 0.15) is 0 Å². The second kappa shape index (κ2) is 7.51. The quantitative estimate of drug-likeness (QED) is 0.499.